The molecule has 102 valence electrons. The van der Waals surface area contributed by atoms with Crippen molar-refractivity contribution in [1.29, 1.82) is 0 Å². The Morgan fingerprint density at radius 2 is 2.00 bits per heavy atom. The third-order valence-corrected chi connectivity index (χ3v) is 3.59. The van der Waals surface area contributed by atoms with E-state index in [1.165, 1.54) is 19.3 Å². The molecule has 0 bridgehead atoms. The summed E-state index contributed by atoms with van der Waals surface area (Å²) in [6.07, 6.45) is 5.75. The standard InChI is InChI=1S/C13H28N2OS/c1-4-5-6-7-12(3)15-13(16)10-17-9-8-11(2)14/h11-12H,4-10,14H2,1-3H3,(H,15,16). The molecule has 0 aromatic heterocycles. The number of nitrogens with one attached hydrogen (secondary N) is 1. The first-order valence-electron chi connectivity index (χ1n) is 6.69. The van der Waals surface area contributed by atoms with Gasteiger partial charge in [0.2, 0.25) is 5.91 Å². The van der Waals surface area contributed by atoms with Crippen molar-refractivity contribution in [1.82, 2.24) is 5.32 Å². The lowest BCUT2D eigenvalue weighted by molar-refractivity contribution is -0.119. The van der Waals surface area contributed by atoms with Crippen LogP contribution in [0.1, 0.15) is 52.9 Å². The molecule has 0 fully saturated rings. The van der Waals surface area contributed by atoms with Gasteiger partial charge in [-0.15, -0.1) is 0 Å². The number of thioether (sulfide) groups is 1. The highest BCUT2D eigenvalue weighted by atomic mass is 32.2. The Morgan fingerprint density at radius 3 is 2.59 bits per heavy atom. The Kier molecular flexibility index (Phi) is 10.8. The maximum absolute atomic E-state index is 11.6. The highest BCUT2D eigenvalue weighted by Crippen LogP contribution is 2.05. The number of hydrogen-bond donors (Lipinski definition) is 2. The molecule has 0 rings (SSSR count). The summed E-state index contributed by atoms with van der Waals surface area (Å²) in [5.41, 5.74) is 5.64. The number of rotatable bonds is 10. The zero-order chi connectivity index (χ0) is 13.1. The van der Waals surface area contributed by atoms with E-state index in [0.29, 0.717) is 11.8 Å². The SMILES string of the molecule is CCCCCC(C)NC(=O)CSCCC(C)N. The quantitative estimate of drug-likeness (QED) is 0.594. The average molecular weight is 260 g/mol. The first-order chi connectivity index (χ1) is 8.06. The van der Waals surface area contributed by atoms with Crippen LogP contribution in [0.3, 0.4) is 0 Å². The van der Waals surface area contributed by atoms with Crippen LogP contribution in [0.25, 0.3) is 0 Å². The highest BCUT2D eigenvalue weighted by molar-refractivity contribution is 7.99. The molecule has 2 atom stereocenters. The normalized spacial score (nSPS) is 14.4. The maximum Gasteiger partial charge on any atom is 0.230 e. The summed E-state index contributed by atoms with van der Waals surface area (Å²) in [6, 6.07) is 0.543. The molecule has 3 nitrogen and oxygen atoms in total. The van der Waals surface area contributed by atoms with Crippen LogP contribution in [-0.4, -0.2) is 29.5 Å². The Hall–Kier alpha value is -0.220. The van der Waals surface area contributed by atoms with E-state index < -0.39 is 0 Å². The molecule has 0 aromatic rings. The summed E-state index contributed by atoms with van der Waals surface area (Å²) in [5, 5.41) is 3.04. The van der Waals surface area contributed by atoms with E-state index in [0.717, 1.165) is 18.6 Å². The number of unbranched alkanes of at least 4 members (excludes halogenated alkanes) is 2. The zero-order valence-electron chi connectivity index (χ0n) is 11.5. The van der Waals surface area contributed by atoms with Crippen LogP contribution in [0.5, 0.6) is 0 Å². The minimum absolute atomic E-state index is 0.156. The lowest BCUT2D eigenvalue weighted by Crippen LogP contribution is -2.33. The Balaban J connectivity index is 3.44. The Labute approximate surface area is 110 Å². The molecule has 0 saturated heterocycles. The van der Waals surface area contributed by atoms with Gasteiger partial charge < -0.3 is 11.1 Å². The second kappa shape index (κ2) is 10.9. The van der Waals surface area contributed by atoms with Crippen molar-refractivity contribution >= 4 is 17.7 Å². The van der Waals surface area contributed by atoms with Gasteiger partial charge in [0.15, 0.2) is 0 Å². The van der Waals surface area contributed by atoms with Crippen molar-refractivity contribution in [3.8, 4) is 0 Å². The van der Waals surface area contributed by atoms with Crippen LogP contribution in [0, 0.1) is 0 Å². The first-order valence-corrected chi connectivity index (χ1v) is 7.84. The monoisotopic (exact) mass is 260 g/mol. The van der Waals surface area contributed by atoms with Gasteiger partial charge >= 0.3 is 0 Å². The Morgan fingerprint density at radius 1 is 1.29 bits per heavy atom. The van der Waals surface area contributed by atoms with E-state index in [2.05, 4.69) is 19.2 Å². The van der Waals surface area contributed by atoms with E-state index in [1.807, 2.05) is 6.92 Å². The molecule has 0 heterocycles. The van der Waals surface area contributed by atoms with Gasteiger partial charge in [0.1, 0.15) is 0 Å². The van der Waals surface area contributed by atoms with Gasteiger partial charge in [-0.05, 0) is 32.4 Å². The van der Waals surface area contributed by atoms with Crippen LogP contribution in [-0.2, 0) is 4.79 Å². The predicted molar refractivity (Wildman–Crippen MR) is 77.3 cm³/mol. The number of carbonyl (C=O) groups is 1. The lowest BCUT2D eigenvalue weighted by atomic mass is 10.1. The van der Waals surface area contributed by atoms with E-state index in [9.17, 15) is 4.79 Å². The van der Waals surface area contributed by atoms with Crippen LogP contribution in [0.15, 0.2) is 0 Å². The third kappa shape index (κ3) is 12.0. The topological polar surface area (TPSA) is 55.1 Å². The third-order valence-electron chi connectivity index (χ3n) is 2.60. The molecule has 0 aliphatic carbocycles. The molecular weight excluding hydrogens is 232 g/mol. The summed E-state index contributed by atoms with van der Waals surface area (Å²) in [4.78, 5) is 11.6. The van der Waals surface area contributed by atoms with E-state index in [4.69, 9.17) is 5.73 Å². The fourth-order valence-electron chi connectivity index (χ4n) is 1.52. The van der Waals surface area contributed by atoms with Gasteiger partial charge in [-0.25, -0.2) is 0 Å². The van der Waals surface area contributed by atoms with Crippen molar-refractivity contribution in [2.24, 2.45) is 5.73 Å². The summed E-state index contributed by atoms with van der Waals surface area (Å²) < 4.78 is 0. The van der Waals surface area contributed by atoms with Crippen molar-refractivity contribution in [2.75, 3.05) is 11.5 Å². The van der Waals surface area contributed by atoms with Crippen LogP contribution < -0.4 is 11.1 Å². The van der Waals surface area contributed by atoms with Crippen molar-refractivity contribution in [2.45, 2.75) is 65.0 Å². The minimum atomic E-state index is 0.156. The van der Waals surface area contributed by atoms with E-state index >= 15 is 0 Å². The second-order valence-electron chi connectivity index (χ2n) is 4.78. The van der Waals surface area contributed by atoms with E-state index in [-0.39, 0.29) is 11.9 Å². The fourth-order valence-corrected chi connectivity index (χ4v) is 2.47. The van der Waals surface area contributed by atoms with E-state index in [1.54, 1.807) is 11.8 Å². The summed E-state index contributed by atoms with van der Waals surface area (Å²) in [5.74, 6) is 1.68. The molecule has 0 aliphatic rings. The number of nitrogens with two attached hydrogens (primary N) is 1. The molecule has 0 aliphatic heterocycles. The van der Waals surface area contributed by atoms with Gasteiger partial charge in [-0.2, -0.15) is 11.8 Å². The predicted octanol–water partition coefficient (Wildman–Crippen LogP) is 2.54. The average Bonchev–Trinajstić information content (AvgIpc) is 2.24. The van der Waals surface area contributed by atoms with Gasteiger partial charge in [0, 0.05) is 12.1 Å². The smallest absolute Gasteiger partial charge is 0.230 e. The van der Waals surface area contributed by atoms with Crippen molar-refractivity contribution in [3.63, 3.8) is 0 Å². The molecule has 0 saturated carbocycles. The zero-order valence-corrected chi connectivity index (χ0v) is 12.3. The van der Waals surface area contributed by atoms with Crippen molar-refractivity contribution < 1.29 is 4.79 Å². The number of carbonyl (C=O) groups excluding carboxylic acids is 1. The number of amides is 1. The molecule has 2 unspecified atom stereocenters. The van der Waals surface area contributed by atoms with Gasteiger partial charge in [-0.1, -0.05) is 26.2 Å². The maximum atomic E-state index is 11.6. The fraction of sp³-hybridized carbons (Fsp3) is 0.923. The largest absolute Gasteiger partial charge is 0.353 e. The Bertz CT molecular complexity index is 198. The lowest BCUT2D eigenvalue weighted by Gasteiger charge is -2.13. The summed E-state index contributed by atoms with van der Waals surface area (Å²) >= 11 is 1.67. The summed E-state index contributed by atoms with van der Waals surface area (Å²) in [6.45, 7) is 6.27. The molecular formula is C13H28N2OS. The molecule has 17 heavy (non-hydrogen) atoms. The molecule has 1 amide bonds. The van der Waals surface area contributed by atoms with Gasteiger partial charge in [0.05, 0.1) is 5.75 Å². The molecule has 0 radical (unpaired) electrons. The molecule has 0 spiro atoms. The minimum Gasteiger partial charge on any atom is -0.353 e. The number of hydrogen-bond acceptors (Lipinski definition) is 3. The summed E-state index contributed by atoms with van der Waals surface area (Å²) in [7, 11) is 0. The van der Waals surface area contributed by atoms with Crippen LogP contribution in [0.4, 0.5) is 0 Å². The molecule has 0 aromatic carbocycles. The van der Waals surface area contributed by atoms with Crippen LogP contribution in [0.2, 0.25) is 0 Å². The second-order valence-corrected chi connectivity index (χ2v) is 5.89. The van der Waals surface area contributed by atoms with Gasteiger partial charge in [-0.3, -0.25) is 4.79 Å². The van der Waals surface area contributed by atoms with Crippen LogP contribution >= 0.6 is 11.8 Å². The van der Waals surface area contributed by atoms with Crippen molar-refractivity contribution in [3.05, 3.63) is 0 Å². The van der Waals surface area contributed by atoms with Gasteiger partial charge in [0.25, 0.3) is 0 Å². The first kappa shape index (κ1) is 16.8. The highest BCUT2D eigenvalue weighted by Gasteiger charge is 2.07. The molecule has 3 N–H and O–H groups in total. The molecule has 4 heteroatoms.